The van der Waals surface area contributed by atoms with E-state index in [1.54, 1.807) is 0 Å². The van der Waals surface area contributed by atoms with Crippen molar-refractivity contribution in [3.8, 4) is 66.9 Å². The number of rotatable bonds is 4. The molecule has 2 N–H and O–H groups in total. The fourth-order valence-electron chi connectivity index (χ4n) is 9.80. The van der Waals surface area contributed by atoms with Crippen molar-refractivity contribution < 1.29 is 10.0 Å². The van der Waals surface area contributed by atoms with Gasteiger partial charge in [-0.15, -0.1) is 0 Å². The van der Waals surface area contributed by atoms with Gasteiger partial charge in [-0.1, -0.05) is 126 Å². The number of aromatic nitrogens is 1. The van der Waals surface area contributed by atoms with Crippen molar-refractivity contribution in [1.82, 2.24) is 4.98 Å². The zero-order valence-electron chi connectivity index (χ0n) is 31.6. The summed E-state index contributed by atoms with van der Waals surface area (Å²) in [5.74, 6) is 0. The van der Waals surface area contributed by atoms with Crippen LogP contribution in [0.4, 0.5) is 0 Å². The molecule has 3 nitrogen and oxygen atoms in total. The van der Waals surface area contributed by atoms with Crippen LogP contribution in [0.5, 0.6) is 0 Å². The van der Waals surface area contributed by atoms with Crippen molar-refractivity contribution in [2.45, 2.75) is 57.8 Å². The molecule has 3 aliphatic rings. The largest absolute Gasteiger partial charge is 0.488 e. The topological polar surface area (TPSA) is 53.4 Å². The van der Waals surface area contributed by atoms with E-state index in [1.165, 1.54) is 83.5 Å². The van der Waals surface area contributed by atoms with Crippen molar-refractivity contribution in [3.05, 3.63) is 167 Å². The van der Waals surface area contributed by atoms with E-state index >= 15 is 0 Å². The Morgan fingerprint density at radius 3 is 1.07 bits per heavy atom. The van der Waals surface area contributed by atoms with Crippen LogP contribution in [0.25, 0.3) is 66.9 Å². The molecule has 0 fully saturated rings. The predicted octanol–water partition coefficient (Wildman–Crippen LogP) is 10.7. The second-order valence-electron chi connectivity index (χ2n) is 17.1. The van der Waals surface area contributed by atoms with Gasteiger partial charge in [0.15, 0.2) is 0 Å². The van der Waals surface area contributed by atoms with Crippen LogP contribution < -0.4 is 5.46 Å². The smallest absolute Gasteiger partial charge is 0.423 e. The van der Waals surface area contributed by atoms with Gasteiger partial charge in [0, 0.05) is 28.0 Å². The second-order valence-corrected chi connectivity index (χ2v) is 17.1. The van der Waals surface area contributed by atoms with E-state index in [4.69, 9.17) is 0 Å². The molecule has 6 aromatic carbocycles. The Hall–Kier alpha value is -5.55. The van der Waals surface area contributed by atoms with Gasteiger partial charge >= 0.3 is 7.12 Å². The highest BCUT2D eigenvalue weighted by atomic mass is 16.4. The SMILES string of the molecule is CC1(C)c2cc(B(O)O)ccc2-c2ccc(-c3ccc4c(c3)C(C)(C)c3cc(-c5ccc6c(c5)C(C)(C)c5cc(-c7ccccn7)ccc5-6)ccc3-4)cc21. The van der Waals surface area contributed by atoms with Gasteiger partial charge < -0.3 is 10.0 Å². The van der Waals surface area contributed by atoms with Crippen molar-refractivity contribution in [3.63, 3.8) is 0 Å². The van der Waals surface area contributed by atoms with Crippen LogP contribution in [-0.4, -0.2) is 22.2 Å². The van der Waals surface area contributed by atoms with Crippen LogP contribution in [-0.2, 0) is 16.2 Å². The third kappa shape index (κ3) is 4.60. The molecule has 0 bridgehead atoms. The Morgan fingerprint density at radius 2 is 0.722 bits per heavy atom. The van der Waals surface area contributed by atoms with E-state index in [0.717, 1.165) is 16.8 Å². The molecule has 1 heterocycles. The minimum absolute atomic E-state index is 0.130. The van der Waals surface area contributed by atoms with Crippen LogP contribution in [0.1, 0.15) is 74.9 Å². The summed E-state index contributed by atoms with van der Waals surface area (Å²) < 4.78 is 0. The van der Waals surface area contributed by atoms with Crippen LogP contribution in [0, 0.1) is 0 Å². The van der Waals surface area contributed by atoms with Gasteiger partial charge in [-0.3, -0.25) is 4.98 Å². The quantitative estimate of drug-likeness (QED) is 0.180. The number of fused-ring (bicyclic) bond motifs is 9. The van der Waals surface area contributed by atoms with Gasteiger partial charge in [-0.2, -0.15) is 0 Å². The Bertz CT molecular complexity index is 2720. The first kappa shape index (κ1) is 33.1. The third-order valence-corrected chi connectivity index (χ3v) is 13.0. The van der Waals surface area contributed by atoms with E-state index < -0.39 is 7.12 Å². The molecule has 10 rings (SSSR count). The molecule has 54 heavy (non-hydrogen) atoms. The maximum Gasteiger partial charge on any atom is 0.488 e. The summed E-state index contributed by atoms with van der Waals surface area (Å²) in [6.45, 7) is 13.9. The summed E-state index contributed by atoms with van der Waals surface area (Å²) in [6.07, 6.45) is 1.86. The molecule has 0 atom stereocenters. The maximum absolute atomic E-state index is 9.87. The minimum Gasteiger partial charge on any atom is -0.423 e. The summed E-state index contributed by atoms with van der Waals surface area (Å²) >= 11 is 0. The minimum atomic E-state index is -1.48. The van der Waals surface area contributed by atoms with Crippen LogP contribution >= 0.6 is 0 Å². The lowest BCUT2D eigenvalue weighted by atomic mass is 9.75. The number of hydrogen-bond donors (Lipinski definition) is 2. The van der Waals surface area contributed by atoms with Gasteiger partial charge in [0.25, 0.3) is 0 Å². The van der Waals surface area contributed by atoms with E-state index in [0.29, 0.717) is 5.46 Å². The van der Waals surface area contributed by atoms with Crippen molar-refractivity contribution in [1.29, 1.82) is 0 Å². The fraction of sp³-hybridized carbons (Fsp3) is 0.180. The molecular formula is C50H42BNO2. The molecular weight excluding hydrogens is 657 g/mol. The number of hydrogen-bond acceptors (Lipinski definition) is 3. The molecule has 0 amide bonds. The average Bonchev–Trinajstić information content (AvgIpc) is 3.66. The molecule has 0 unspecified atom stereocenters. The first-order valence-electron chi connectivity index (χ1n) is 19.0. The van der Waals surface area contributed by atoms with Gasteiger partial charge in [-0.05, 0) is 137 Å². The fourth-order valence-corrected chi connectivity index (χ4v) is 9.80. The Balaban J connectivity index is 0.983. The van der Waals surface area contributed by atoms with Crippen molar-refractivity contribution >= 4 is 12.6 Å². The van der Waals surface area contributed by atoms with Crippen LogP contribution in [0.2, 0.25) is 0 Å². The van der Waals surface area contributed by atoms with E-state index in [1.807, 2.05) is 30.5 Å². The zero-order valence-corrected chi connectivity index (χ0v) is 31.6. The maximum atomic E-state index is 9.87. The highest BCUT2D eigenvalue weighted by Crippen LogP contribution is 2.54. The molecule has 7 aromatic rings. The standard InChI is InChI=1S/C50H42BNO2/c1-48(2)41-23-29(31-12-18-37-39-20-14-33(47-9-7-8-22-52-47)27-45(39)49(3,4)43(37)25-31)10-16-35(41)36-17-11-30(24-42(36)48)32-13-19-38-40-21-15-34(51(53)54)28-46(40)50(5,6)44(38)26-32/h7-28,53-54H,1-6H3. The molecule has 0 aliphatic heterocycles. The van der Waals surface area contributed by atoms with Crippen molar-refractivity contribution in [2.24, 2.45) is 0 Å². The highest BCUT2D eigenvalue weighted by Gasteiger charge is 2.39. The molecule has 262 valence electrons. The zero-order chi connectivity index (χ0) is 37.3. The molecule has 0 saturated carbocycles. The lowest BCUT2D eigenvalue weighted by Crippen LogP contribution is -2.31. The normalized spacial score (nSPS) is 15.9. The first-order chi connectivity index (χ1) is 25.8. The van der Waals surface area contributed by atoms with Gasteiger partial charge in [0.1, 0.15) is 0 Å². The predicted molar refractivity (Wildman–Crippen MR) is 223 cm³/mol. The number of pyridine rings is 1. The Kier molecular flexibility index (Phi) is 6.88. The van der Waals surface area contributed by atoms with Gasteiger partial charge in [-0.25, -0.2) is 0 Å². The molecule has 0 radical (unpaired) electrons. The molecule has 3 aliphatic carbocycles. The van der Waals surface area contributed by atoms with Crippen LogP contribution in [0.15, 0.2) is 134 Å². The summed E-state index contributed by atoms with van der Waals surface area (Å²) in [4.78, 5) is 4.62. The Labute approximate surface area is 318 Å². The highest BCUT2D eigenvalue weighted by molar-refractivity contribution is 6.58. The molecule has 1 aromatic heterocycles. The number of nitrogens with zero attached hydrogens (tertiary/aromatic N) is 1. The van der Waals surface area contributed by atoms with E-state index in [9.17, 15) is 10.0 Å². The third-order valence-electron chi connectivity index (χ3n) is 13.0. The second kappa shape index (κ2) is 11.2. The Morgan fingerprint density at radius 1 is 0.389 bits per heavy atom. The van der Waals surface area contributed by atoms with Gasteiger partial charge in [0.05, 0.1) is 5.69 Å². The summed E-state index contributed by atoms with van der Waals surface area (Å²) in [5, 5.41) is 19.7. The van der Waals surface area contributed by atoms with Crippen molar-refractivity contribution in [2.75, 3.05) is 0 Å². The molecule has 0 spiro atoms. The lowest BCUT2D eigenvalue weighted by Gasteiger charge is -2.24. The summed E-state index contributed by atoms with van der Waals surface area (Å²) in [5.41, 5.74) is 22.5. The summed E-state index contributed by atoms with van der Waals surface area (Å²) in [7, 11) is -1.48. The van der Waals surface area contributed by atoms with Crippen LogP contribution in [0.3, 0.4) is 0 Å². The summed E-state index contributed by atoms with van der Waals surface area (Å²) in [6, 6.07) is 46.6. The molecule has 4 heteroatoms. The molecule has 0 saturated heterocycles. The number of benzene rings is 6. The first-order valence-corrected chi connectivity index (χ1v) is 19.0. The van der Waals surface area contributed by atoms with Gasteiger partial charge in [0.2, 0.25) is 0 Å². The monoisotopic (exact) mass is 699 g/mol. The van der Waals surface area contributed by atoms with E-state index in [-0.39, 0.29) is 16.2 Å². The lowest BCUT2D eigenvalue weighted by molar-refractivity contribution is 0.425. The average molecular weight is 700 g/mol. The van der Waals surface area contributed by atoms with E-state index in [2.05, 4.69) is 150 Å².